The normalized spacial score (nSPS) is 16.3. The van der Waals surface area contributed by atoms with Crippen molar-refractivity contribution in [2.75, 3.05) is 6.54 Å². The number of hydrogen-bond donors (Lipinski definition) is 2. The number of benzene rings is 1. The third kappa shape index (κ3) is 5.14. The van der Waals surface area contributed by atoms with Gasteiger partial charge in [-0.3, -0.25) is 5.41 Å². The molecule has 1 saturated heterocycles. The Hall–Kier alpha value is -2.83. The summed E-state index contributed by atoms with van der Waals surface area (Å²) in [5, 5.41) is 13.2. The summed E-state index contributed by atoms with van der Waals surface area (Å²) < 4.78 is 7.91. The Kier molecular flexibility index (Phi) is 7.45. The average Bonchev–Trinajstić information content (AvgIpc) is 3.54. The molecule has 32 heavy (non-hydrogen) atoms. The summed E-state index contributed by atoms with van der Waals surface area (Å²) in [5.41, 5.74) is 7.88. The third-order valence-corrected chi connectivity index (χ3v) is 6.57. The van der Waals surface area contributed by atoms with Crippen LogP contribution in [0.3, 0.4) is 0 Å². The zero-order valence-corrected chi connectivity index (χ0v) is 19.2. The SMILES string of the molecule is CCCCCCCCCCn1ccc2ccc(-c3noc([C@@H]4CCCN4C(=N)N)n3)cc21. The number of nitrogens with zero attached hydrogens (tertiary/aromatic N) is 4. The van der Waals surface area contributed by atoms with E-state index in [9.17, 15) is 0 Å². The lowest BCUT2D eigenvalue weighted by Gasteiger charge is -2.21. The monoisotopic (exact) mass is 436 g/mol. The molecule has 3 aromatic rings. The van der Waals surface area contributed by atoms with E-state index in [1.807, 2.05) is 4.90 Å². The molecule has 1 atom stereocenters. The predicted molar refractivity (Wildman–Crippen MR) is 128 cm³/mol. The van der Waals surface area contributed by atoms with Gasteiger partial charge in [0.05, 0.1) is 0 Å². The maximum Gasteiger partial charge on any atom is 0.249 e. The van der Waals surface area contributed by atoms with E-state index in [0.29, 0.717) is 11.7 Å². The highest BCUT2D eigenvalue weighted by molar-refractivity contribution is 5.84. The zero-order valence-electron chi connectivity index (χ0n) is 19.2. The minimum absolute atomic E-state index is 0.0625. The van der Waals surface area contributed by atoms with Crippen LogP contribution >= 0.6 is 0 Å². The third-order valence-electron chi connectivity index (χ3n) is 6.57. The molecule has 1 aromatic carbocycles. The molecule has 0 bridgehead atoms. The van der Waals surface area contributed by atoms with Gasteiger partial charge in [-0.15, -0.1) is 0 Å². The molecule has 3 N–H and O–H groups in total. The van der Waals surface area contributed by atoms with Crippen molar-refractivity contribution in [2.24, 2.45) is 5.73 Å². The number of guanidine groups is 1. The summed E-state index contributed by atoms with van der Waals surface area (Å²) in [7, 11) is 0. The van der Waals surface area contributed by atoms with Crippen LogP contribution in [0.5, 0.6) is 0 Å². The van der Waals surface area contributed by atoms with Gasteiger partial charge in [0.2, 0.25) is 11.7 Å². The Morgan fingerprint density at radius 1 is 1.12 bits per heavy atom. The van der Waals surface area contributed by atoms with Crippen LogP contribution in [-0.2, 0) is 6.54 Å². The van der Waals surface area contributed by atoms with E-state index in [4.69, 9.17) is 15.7 Å². The fourth-order valence-corrected chi connectivity index (χ4v) is 4.73. The van der Waals surface area contributed by atoms with Gasteiger partial charge in [0.1, 0.15) is 6.04 Å². The maximum absolute atomic E-state index is 7.77. The molecule has 0 aliphatic carbocycles. The molecule has 1 fully saturated rings. The summed E-state index contributed by atoms with van der Waals surface area (Å²) >= 11 is 0. The molecule has 2 aromatic heterocycles. The first-order chi connectivity index (χ1) is 15.7. The number of nitrogens with two attached hydrogens (primary N) is 1. The highest BCUT2D eigenvalue weighted by Crippen LogP contribution is 2.32. The lowest BCUT2D eigenvalue weighted by molar-refractivity contribution is 0.283. The van der Waals surface area contributed by atoms with E-state index in [0.717, 1.165) is 31.5 Å². The van der Waals surface area contributed by atoms with E-state index in [1.54, 1.807) is 0 Å². The summed E-state index contributed by atoms with van der Waals surface area (Å²) in [5.74, 6) is 1.20. The van der Waals surface area contributed by atoms with Crippen LogP contribution in [0, 0.1) is 5.41 Å². The first-order valence-corrected chi connectivity index (χ1v) is 12.2. The molecule has 7 heteroatoms. The minimum atomic E-state index is -0.0942. The number of unbranched alkanes of at least 4 members (excludes halogenated alkanes) is 7. The van der Waals surface area contributed by atoms with Crippen molar-refractivity contribution in [3.05, 3.63) is 36.4 Å². The summed E-state index contributed by atoms with van der Waals surface area (Å²) in [6.07, 6.45) is 14.7. The Morgan fingerprint density at radius 3 is 2.69 bits per heavy atom. The molecule has 1 aliphatic heterocycles. The van der Waals surface area contributed by atoms with E-state index in [2.05, 4.69) is 52.1 Å². The number of hydrogen-bond acceptors (Lipinski definition) is 4. The summed E-state index contributed by atoms with van der Waals surface area (Å²) in [4.78, 5) is 6.48. The van der Waals surface area contributed by atoms with Crippen LogP contribution < -0.4 is 5.73 Å². The van der Waals surface area contributed by atoms with Crippen LogP contribution in [0.1, 0.15) is 83.1 Å². The number of aryl methyl sites for hydroxylation is 1. The van der Waals surface area contributed by atoms with Crippen LogP contribution in [0.25, 0.3) is 22.3 Å². The van der Waals surface area contributed by atoms with Gasteiger partial charge < -0.3 is 19.7 Å². The van der Waals surface area contributed by atoms with Crippen LogP contribution in [-0.4, -0.2) is 32.1 Å². The predicted octanol–water partition coefficient (Wildman–Crippen LogP) is 5.86. The first kappa shape index (κ1) is 22.4. The molecule has 0 amide bonds. The van der Waals surface area contributed by atoms with Crippen molar-refractivity contribution in [1.82, 2.24) is 19.6 Å². The Bertz CT molecular complexity index is 1020. The quantitative estimate of drug-likeness (QED) is 0.223. The van der Waals surface area contributed by atoms with Crippen molar-refractivity contribution in [3.63, 3.8) is 0 Å². The molecule has 4 rings (SSSR count). The molecule has 0 saturated carbocycles. The maximum atomic E-state index is 7.77. The first-order valence-electron chi connectivity index (χ1n) is 12.2. The molecule has 0 radical (unpaired) electrons. The van der Waals surface area contributed by atoms with E-state index >= 15 is 0 Å². The van der Waals surface area contributed by atoms with Gasteiger partial charge in [0.15, 0.2) is 5.96 Å². The summed E-state index contributed by atoms with van der Waals surface area (Å²) in [6, 6.07) is 8.42. The van der Waals surface area contributed by atoms with Crippen molar-refractivity contribution >= 4 is 16.9 Å². The number of aromatic nitrogens is 3. The number of nitrogens with one attached hydrogen (secondary N) is 1. The smallest absolute Gasteiger partial charge is 0.249 e. The van der Waals surface area contributed by atoms with Gasteiger partial charge in [-0.2, -0.15) is 4.98 Å². The van der Waals surface area contributed by atoms with Gasteiger partial charge >= 0.3 is 0 Å². The van der Waals surface area contributed by atoms with Gasteiger partial charge in [0.25, 0.3) is 0 Å². The zero-order chi connectivity index (χ0) is 22.3. The molecule has 0 spiro atoms. The number of likely N-dealkylation sites (tertiary alicyclic amines) is 1. The molecule has 0 unspecified atom stereocenters. The molecule has 7 nitrogen and oxygen atoms in total. The van der Waals surface area contributed by atoms with Gasteiger partial charge in [-0.1, -0.05) is 69.2 Å². The van der Waals surface area contributed by atoms with Crippen LogP contribution in [0.4, 0.5) is 0 Å². The fourth-order valence-electron chi connectivity index (χ4n) is 4.73. The van der Waals surface area contributed by atoms with Crippen LogP contribution in [0.2, 0.25) is 0 Å². The lowest BCUT2D eigenvalue weighted by atomic mass is 10.1. The summed E-state index contributed by atoms with van der Waals surface area (Å²) in [6.45, 7) is 4.06. The molecular formula is C25H36N6O. The van der Waals surface area contributed by atoms with Crippen LogP contribution in [0.15, 0.2) is 35.0 Å². The topological polar surface area (TPSA) is 97.0 Å². The van der Waals surface area contributed by atoms with E-state index in [-0.39, 0.29) is 12.0 Å². The second kappa shape index (κ2) is 10.7. The number of rotatable bonds is 11. The fraction of sp³-hybridized carbons (Fsp3) is 0.560. The van der Waals surface area contributed by atoms with Crippen molar-refractivity contribution in [2.45, 2.75) is 83.7 Å². The Balaban J connectivity index is 1.39. The molecule has 172 valence electrons. The van der Waals surface area contributed by atoms with Crippen molar-refractivity contribution in [3.8, 4) is 11.4 Å². The second-order valence-corrected chi connectivity index (χ2v) is 8.95. The Morgan fingerprint density at radius 2 is 1.91 bits per heavy atom. The molecular weight excluding hydrogens is 400 g/mol. The van der Waals surface area contributed by atoms with E-state index < -0.39 is 0 Å². The standard InChI is InChI=1S/C25H36N6O/c1-2-3-4-5-6-7-8-9-15-30-17-14-19-12-13-20(18-22(19)30)23-28-24(32-29-23)21-11-10-16-31(21)25(26)27/h12-14,17-18,21H,2-11,15-16H2,1H3,(H3,26,27)/t21-/m0/s1. The molecule has 3 heterocycles. The number of fused-ring (bicyclic) bond motifs is 1. The minimum Gasteiger partial charge on any atom is -0.370 e. The van der Waals surface area contributed by atoms with Crippen molar-refractivity contribution < 1.29 is 4.52 Å². The van der Waals surface area contributed by atoms with Gasteiger partial charge in [0, 0.05) is 30.4 Å². The largest absolute Gasteiger partial charge is 0.370 e. The highest BCUT2D eigenvalue weighted by Gasteiger charge is 2.31. The second-order valence-electron chi connectivity index (χ2n) is 8.95. The van der Waals surface area contributed by atoms with Gasteiger partial charge in [-0.25, -0.2) is 0 Å². The van der Waals surface area contributed by atoms with E-state index in [1.165, 1.54) is 62.3 Å². The van der Waals surface area contributed by atoms with Crippen molar-refractivity contribution in [1.29, 1.82) is 5.41 Å². The lowest BCUT2D eigenvalue weighted by Crippen LogP contribution is -2.35. The highest BCUT2D eigenvalue weighted by atomic mass is 16.5. The Labute approximate surface area is 190 Å². The van der Waals surface area contributed by atoms with Gasteiger partial charge in [-0.05, 0) is 36.8 Å². The average molecular weight is 437 g/mol. The molecule has 1 aliphatic rings.